The lowest BCUT2D eigenvalue weighted by Gasteiger charge is -2.25. The van der Waals surface area contributed by atoms with Crippen LogP contribution in [0.25, 0.3) is 0 Å². The van der Waals surface area contributed by atoms with Gasteiger partial charge in [0.25, 0.3) is 0 Å². The molecule has 0 fully saturated rings. The van der Waals surface area contributed by atoms with Crippen molar-refractivity contribution in [3.05, 3.63) is 41.2 Å². The fraction of sp³-hybridized carbons (Fsp3) is 0.214. The van der Waals surface area contributed by atoms with Crippen LogP contribution in [0.5, 0.6) is 5.88 Å². The second-order valence-corrected chi connectivity index (χ2v) is 4.87. The second-order valence-electron chi connectivity index (χ2n) is 4.87. The zero-order valence-corrected chi connectivity index (χ0v) is 11.6. The number of nitrogen functional groups attached to an aromatic ring is 1. The maximum Gasteiger partial charge on any atom is 0.222 e. The van der Waals surface area contributed by atoms with Crippen LogP contribution in [0.2, 0.25) is 0 Å². The Morgan fingerprint density at radius 3 is 2.82 bits per heavy atom. The number of ether oxygens (including phenoxy) is 1. The minimum Gasteiger partial charge on any atom is -0.481 e. The molecule has 0 saturated heterocycles. The van der Waals surface area contributed by atoms with Crippen LogP contribution in [-0.2, 0) is 10.2 Å². The van der Waals surface area contributed by atoms with Gasteiger partial charge in [-0.1, -0.05) is 0 Å². The highest BCUT2D eigenvalue weighted by Crippen LogP contribution is 2.45. The van der Waals surface area contributed by atoms with Crippen LogP contribution < -0.4 is 15.8 Å². The van der Waals surface area contributed by atoms with E-state index in [1.165, 1.54) is 13.4 Å². The van der Waals surface area contributed by atoms with Gasteiger partial charge in [-0.15, -0.1) is 0 Å². The molecule has 1 aromatic carbocycles. The first-order valence-electron chi connectivity index (χ1n) is 6.38. The molecule has 0 bridgehead atoms. The Morgan fingerprint density at radius 2 is 2.14 bits per heavy atom. The molecule has 3 N–H and O–H groups in total. The van der Waals surface area contributed by atoms with Gasteiger partial charge in [0, 0.05) is 12.1 Å². The van der Waals surface area contributed by atoms with Crippen LogP contribution in [0.4, 0.5) is 20.3 Å². The first-order chi connectivity index (χ1) is 10.5. The molecule has 2 aromatic rings. The van der Waals surface area contributed by atoms with E-state index in [2.05, 4.69) is 15.3 Å². The molecule has 0 radical (unpaired) electrons. The molecule has 0 saturated carbocycles. The van der Waals surface area contributed by atoms with E-state index >= 15 is 0 Å². The zero-order chi connectivity index (χ0) is 15.9. The van der Waals surface area contributed by atoms with E-state index in [1.54, 1.807) is 0 Å². The summed E-state index contributed by atoms with van der Waals surface area (Å²) in [6.45, 7) is -0.0713. The average Bonchev–Trinajstić information content (AvgIpc) is 2.91. The number of methoxy groups -OCH3 is 1. The molecule has 2 heterocycles. The number of aromatic nitrogens is 2. The summed E-state index contributed by atoms with van der Waals surface area (Å²) >= 11 is 0. The molecule has 1 aromatic heterocycles. The van der Waals surface area contributed by atoms with Crippen LogP contribution in [0.3, 0.4) is 0 Å². The molecule has 1 aliphatic rings. The number of aldehydes is 1. The summed E-state index contributed by atoms with van der Waals surface area (Å²) < 4.78 is 33.8. The lowest BCUT2D eigenvalue weighted by molar-refractivity contribution is -0.111. The van der Waals surface area contributed by atoms with E-state index < -0.39 is 22.6 Å². The normalized spacial score (nSPS) is 19.4. The molecule has 3 rings (SSSR count). The molecule has 1 aliphatic heterocycles. The topological polar surface area (TPSA) is 90.1 Å². The van der Waals surface area contributed by atoms with E-state index in [1.807, 2.05) is 0 Å². The van der Waals surface area contributed by atoms with Crippen LogP contribution >= 0.6 is 0 Å². The standard InChI is InChI=1S/C14H12F2N4O2/c1-22-13-10-12(19-6-20-13)18-4-14(10,5-21)9-7(15)2-3-8(17)11(9)16/h2-3,5-6H,4,17H2,1H3,(H,18,19,20). The first kappa shape index (κ1) is 14.2. The van der Waals surface area contributed by atoms with Crippen molar-refractivity contribution in [2.24, 2.45) is 0 Å². The van der Waals surface area contributed by atoms with Gasteiger partial charge in [-0.25, -0.2) is 18.7 Å². The Balaban J connectivity index is 2.36. The number of nitrogens with two attached hydrogens (primary N) is 1. The van der Waals surface area contributed by atoms with Crippen molar-refractivity contribution in [3.8, 4) is 5.88 Å². The Hall–Kier alpha value is -2.77. The third-order valence-electron chi connectivity index (χ3n) is 3.75. The summed E-state index contributed by atoms with van der Waals surface area (Å²) in [5, 5.41) is 2.85. The monoisotopic (exact) mass is 306 g/mol. The summed E-state index contributed by atoms with van der Waals surface area (Å²) in [4.78, 5) is 19.7. The number of nitrogens with one attached hydrogen (secondary N) is 1. The number of fused-ring (bicyclic) bond motifs is 1. The second kappa shape index (κ2) is 4.90. The van der Waals surface area contributed by atoms with Gasteiger partial charge in [0.2, 0.25) is 5.88 Å². The molecule has 0 spiro atoms. The highest BCUT2D eigenvalue weighted by atomic mass is 19.1. The van der Waals surface area contributed by atoms with E-state index in [9.17, 15) is 13.6 Å². The molecule has 1 unspecified atom stereocenters. The Labute approximate surface area is 124 Å². The molecule has 22 heavy (non-hydrogen) atoms. The number of benzene rings is 1. The Bertz CT molecular complexity index is 769. The number of hydrogen-bond donors (Lipinski definition) is 2. The minimum absolute atomic E-state index is 0.0713. The maximum absolute atomic E-state index is 14.4. The quantitative estimate of drug-likeness (QED) is 0.655. The fourth-order valence-corrected chi connectivity index (χ4v) is 2.72. The number of nitrogens with zero attached hydrogens (tertiary/aromatic N) is 2. The van der Waals surface area contributed by atoms with Crippen molar-refractivity contribution in [2.45, 2.75) is 5.41 Å². The van der Waals surface area contributed by atoms with Crippen molar-refractivity contribution in [1.82, 2.24) is 9.97 Å². The van der Waals surface area contributed by atoms with Gasteiger partial charge in [-0.05, 0) is 12.1 Å². The SMILES string of the molecule is COc1ncnc2c1C(C=O)(c1c(F)ccc(N)c1F)CN2. The van der Waals surface area contributed by atoms with Crippen molar-refractivity contribution in [3.63, 3.8) is 0 Å². The van der Waals surface area contributed by atoms with Crippen LogP contribution in [0, 0.1) is 11.6 Å². The van der Waals surface area contributed by atoms with Gasteiger partial charge in [-0.3, -0.25) is 0 Å². The molecular weight excluding hydrogens is 294 g/mol. The zero-order valence-electron chi connectivity index (χ0n) is 11.6. The molecule has 114 valence electrons. The van der Waals surface area contributed by atoms with Crippen molar-refractivity contribution in [2.75, 3.05) is 24.7 Å². The third-order valence-corrected chi connectivity index (χ3v) is 3.75. The predicted octanol–water partition coefficient (Wildman–Crippen LogP) is 1.26. The molecule has 0 aliphatic carbocycles. The first-order valence-corrected chi connectivity index (χ1v) is 6.38. The van der Waals surface area contributed by atoms with Gasteiger partial charge < -0.3 is 20.6 Å². The number of hydrogen-bond acceptors (Lipinski definition) is 6. The van der Waals surface area contributed by atoms with Crippen molar-refractivity contribution < 1.29 is 18.3 Å². The molecular formula is C14H12F2N4O2. The van der Waals surface area contributed by atoms with E-state index in [0.29, 0.717) is 12.1 Å². The summed E-state index contributed by atoms with van der Waals surface area (Å²) in [6, 6.07) is 2.13. The third kappa shape index (κ3) is 1.73. The number of carbonyl (C=O) groups is 1. The van der Waals surface area contributed by atoms with Gasteiger partial charge in [0.05, 0.1) is 18.4 Å². The molecule has 0 amide bonds. The smallest absolute Gasteiger partial charge is 0.222 e. The maximum atomic E-state index is 14.4. The number of anilines is 2. The minimum atomic E-state index is -1.65. The van der Waals surface area contributed by atoms with Crippen LogP contribution in [0.15, 0.2) is 18.5 Å². The lowest BCUT2D eigenvalue weighted by atomic mass is 9.77. The Kier molecular flexibility index (Phi) is 3.16. The largest absolute Gasteiger partial charge is 0.481 e. The number of rotatable bonds is 3. The van der Waals surface area contributed by atoms with Gasteiger partial charge >= 0.3 is 0 Å². The lowest BCUT2D eigenvalue weighted by Crippen LogP contribution is -2.35. The number of carbonyl (C=O) groups excluding carboxylic acids is 1. The van der Waals surface area contributed by atoms with Crippen molar-refractivity contribution >= 4 is 17.8 Å². The predicted molar refractivity (Wildman–Crippen MR) is 74.7 cm³/mol. The van der Waals surface area contributed by atoms with Crippen LogP contribution in [0.1, 0.15) is 11.1 Å². The summed E-state index contributed by atoms with van der Waals surface area (Å²) in [6.07, 6.45) is 1.69. The highest BCUT2D eigenvalue weighted by Gasteiger charge is 2.48. The summed E-state index contributed by atoms with van der Waals surface area (Å²) in [7, 11) is 1.35. The van der Waals surface area contributed by atoms with E-state index in [0.717, 1.165) is 12.1 Å². The van der Waals surface area contributed by atoms with Gasteiger partial charge in [0.15, 0.2) is 5.82 Å². The van der Waals surface area contributed by atoms with Gasteiger partial charge in [-0.2, -0.15) is 0 Å². The van der Waals surface area contributed by atoms with Crippen LogP contribution in [-0.4, -0.2) is 29.9 Å². The fourth-order valence-electron chi connectivity index (χ4n) is 2.72. The van der Waals surface area contributed by atoms with E-state index in [4.69, 9.17) is 10.5 Å². The highest BCUT2D eigenvalue weighted by molar-refractivity contribution is 5.84. The van der Waals surface area contributed by atoms with Crippen molar-refractivity contribution in [1.29, 1.82) is 0 Å². The Morgan fingerprint density at radius 1 is 1.36 bits per heavy atom. The van der Waals surface area contributed by atoms with Gasteiger partial charge in [0.1, 0.15) is 29.7 Å². The van der Waals surface area contributed by atoms with E-state index in [-0.39, 0.29) is 23.7 Å². The summed E-state index contributed by atoms with van der Waals surface area (Å²) in [5.74, 6) is -1.49. The average molecular weight is 306 g/mol. The molecule has 6 nitrogen and oxygen atoms in total. The number of halogens is 2. The molecule has 1 atom stereocenters. The molecule has 8 heteroatoms. The summed E-state index contributed by atoms with van der Waals surface area (Å²) in [5.41, 5.74) is 3.37.